The number of benzene rings is 2. The molecule has 0 saturated heterocycles. The SMILES string of the molecule is COc1nc(OC2([SiH3])CCc3c(-c4cccc5c4CCC5)cccc32)ccc1C=O. The van der Waals surface area contributed by atoms with Gasteiger partial charge in [-0.25, -0.2) is 0 Å². The molecule has 1 atom stereocenters. The molecule has 0 saturated carbocycles. The predicted octanol–water partition coefficient (Wildman–Crippen LogP) is 3.60. The maximum atomic E-state index is 11.2. The van der Waals surface area contributed by atoms with Crippen molar-refractivity contribution in [3.8, 4) is 22.9 Å². The van der Waals surface area contributed by atoms with Crippen molar-refractivity contribution in [3.05, 3.63) is 76.3 Å². The Morgan fingerprint density at radius 3 is 2.60 bits per heavy atom. The number of carbonyl (C=O) groups excluding carboxylic acids is 1. The minimum atomic E-state index is -0.329. The highest BCUT2D eigenvalue weighted by atomic mass is 28.1. The number of pyridine rings is 1. The molecule has 0 bridgehead atoms. The van der Waals surface area contributed by atoms with Crippen LogP contribution in [-0.4, -0.2) is 28.6 Å². The number of ether oxygens (including phenoxy) is 2. The molecule has 2 aliphatic carbocycles. The Bertz CT molecular complexity index is 1140. The van der Waals surface area contributed by atoms with Crippen LogP contribution in [0.3, 0.4) is 0 Å². The number of aromatic nitrogens is 1. The van der Waals surface area contributed by atoms with E-state index < -0.39 is 0 Å². The van der Waals surface area contributed by atoms with Crippen molar-refractivity contribution >= 4 is 16.5 Å². The van der Waals surface area contributed by atoms with Crippen LogP contribution >= 0.6 is 0 Å². The van der Waals surface area contributed by atoms with Crippen LogP contribution in [0.1, 0.15) is 45.5 Å². The summed E-state index contributed by atoms with van der Waals surface area (Å²) in [6, 6.07) is 16.8. The fourth-order valence-electron chi connectivity index (χ4n) is 5.06. The van der Waals surface area contributed by atoms with Crippen molar-refractivity contribution in [2.75, 3.05) is 7.11 Å². The van der Waals surface area contributed by atoms with Crippen molar-refractivity contribution < 1.29 is 14.3 Å². The monoisotopic (exact) mass is 415 g/mol. The molecule has 1 aromatic heterocycles. The van der Waals surface area contributed by atoms with Crippen molar-refractivity contribution in [2.24, 2.45) is 0 Å². The van der Waals surface area contributed by atoms with Gasteiger partial charge in [-0.05, 0) is 71.6 Å². The number of carbonyl (C=O) groups is 1. The zero-order valence-corrected chi connectivity index (χ0v) is 19.4. The molecule has 0 spiro atoms. The van der Waals surface area contributed by atoms with Crippen LogP contribution < -0.4 is 9.47 Å². The topological polar surface area (TPSA) is 48.4 Å². The van der Waals surface area contributed by atoms with Gasteiger partial charge >= 0.3 is 0 Å². The van der Waals surface area contributed by atoms with Gasteiger partial charge in [0.05, 0.1) is 22.9 Å². The third-order valence-electron chi connectivity index (χ3n) is 6.55. The molecular formula is C25H25NO3Si. The summed E-state index contributed by atoms with van der Waals surface area (Å²) in [5.41, 5.74) is 8.89. The molecule has 0 amide bonds. The molecule has 2 aromatic carbocycles. The fourth-order valence-corrected chi connectivity index (χ4v) is 5.98. The molecule has 2 aliphatic rings. The van der Waals surface area contributed by atoms with Crippen LogP contribution in [0.15, 0.2) is 48.5 Å². The lowest BCUT2D eigenvalue weighted by Crippen LogP contribution is -2.31. The molecule has 1 heterocycles. The largest absolute Gasteiger partial charge is 0.480 e. The van der Waals surface area contributed by atoms with Crippen LogP contribution in [0, 0.1) is 0 Å². The number of nitrogens with zero attached hydrogens (tertiary/aromatic N) is 1. The summed E-state index contributed by atoms with van der Waals surface area (Å²) in [6.07, 6.45) is 6.31. The smallest absolute Gasteiger partial charge is 0.227 e. The lowest BCUT2D eigenvalue weighted by atomic mass is 9.91. The van der Waals surface area contributed by atoms with Gasteiger partial charge in [0.15, 0.2) is 6.29 Å². The molecule has 5 heteroatoms. The van der Waals surface area contributed by atoms with Gasteiger partial charge in [0.1, 0.15) is 5.22 Å². The number of fused-ring (bicyclic) bond motifs is 2. The number of hydrogen-bond donors (Lipinski definition) is 0. The van der Waals surface area contributed by atoms with E-state index in [0.717, 1.165) is 29.4 Å². The highest BCUT2D eigenvalue weighted by Crippen LogP contribution is 2.44. The lowest BCUT2D eigenvalue weighted by Gasteiger charge is -2.27. The first-order valence-corrected chi connectivity index (χ1v) is 11.6. The average Bonchev–Trinajstić information content (AvgIpc) is 3.38. The maximum Gasteiger partial charge on any atom is 0.227 e. The maximum absolute atomic E-state index is 11.2. The summed E-state index contributed by atoms with van der Waals surface area (Å²) < 4.78 is 11.7. The predicted molar refractivity (Wildman–Crippen MR) is 121 cm³/mol. The van der Waals surface area contributed by atoms with Gasteiger partial charge < -0.3 is 9.47 Å². The third kappa shape index (κ3) is 3.05. The summed E-state index contributed by atoms with van der Waals surface area (Å²) in [5.74, 6) is 0.811. The van der Waals surface area contributed by atoms with E-state index in [1.165, 1.54) is 59.8 Å². The van der Waals surface area contributed by atoms with Crippen LogP contribution in [-0.2, 0) is 24.5 Å². The van der Waals surface area contributed by atoms with Crippen LogP contribution in [0.5, 0.6) is 11.8 Å². The summed E-state index contributed by atoms with van der Waals surface area (Å²) in [6.45, 7) is 0. The first-order valence-electron chi connectivity index (χ1n) is 10.6. The van der Waals surface area contributed by atoms with Gasteiger partial charge in [-0.2, -0.15) is 4.98 Å². The number of rotatable bonds is 5. The van der Waals surface area contributed by atoms with E-state index in [1.54, 1.807) is 12.1 Å². The van der Waals surface area contributed by atoms with E-state index in [-0.39, 0.29) is 5.22 Å². The molecule has 5 rings (SSSR count). The average molecular weight is 416 g/mol. The van der Waals surface area contributed by atoms with Gasteiger partial charge in [0, 0.05) is 6.07 Å². The number of aryl methyl sites for hydroxylation is 1. The first kappa shape index (κ1) is 19.1. The van der Waals surface area contributed by atoms with Crippen molar-refractivity contribution in [1.82, 2.24) is 4.98 Å². The van der Waals surface area contributed by atoms with E-state index in [0.29, 0.717) is 17.3 Å². The molecule has 0 aliphatic heterocycles. The Hall–Kier alpha value is -2.92. The second-order valence-electron chi connectivity index (χ2n) is 8.33. The third-order valence-corrected chi connectivity index (χ3v) is 7.79. The summed E-state index contributed by atoms with van der Waals surface area (Å²) in [7, 11) is 2.36. The van der Waals surface area contributed by atoms with Gasteiger partial charge in [-0.15, -0.1) is 0 Å². The van der Waals surface area contributed by atoms with E-state index >= 15 is 0 Å². The number of hydrogen-bond acceptors (Lipinski definition) is 4. The second-order valence-corrected chi connectivity index (χ2v) is 9.94. The van der Waals surface area contributed by atoms with Crippen molar-refractivity contribution in [1.29, 1.82) is 0 Å². The van der Waals surface area contributed by atoms with Crippen molar-refractivity contribution in [3.63, 3.8) is 0 Å². The summed E-state index contributed by atoms with van der Waals surface area (Å²) in [4.78, 5) is 15.6. The Balaban J connectivity index is 1.53. The molecule has 1 unspecified atom stereocenters. The van der Waals surface area contributed by atoms with Gasteiger partial charge in [0.2, 0.25) is 11.8 Å². The second kappa shape index (κ2) is 7.40. The van der Waals surface area contributed by atoms with Gasteiger partial charge in [-0.3, -0.25) is 4.79 Å². The number of aldehydes is 1. The Morgan fingerprint density at radius 2 is 1.80 bits per heavy atom. The van der Waals surface area contributed by atoms with E-state index in [9.17, 15) is 4.79 Å². The molecule has 3 aromatic rings. The Kier molecular flexibility index (Phi) is 4.70. The molecule has 152 valence electrons. The minimum absolute atomic E-state index is 0.305. The Labute approximate surface area is 179 Å². The first-order chi connectivity index (χ1) is 14.6. The highest BCUT2D eigenvalue weighted by Gasteiger charge is 2.38. The molecule has 4 nitrogen and oxygen atoms in total. The van der Waals surface area contributed by atoms with Crippen LogP contribution in [0.4, 0.5) is 0 Å². The molecule has 0 fully saturated rings. The molecule has 30 heavy (non-hydrogen) atoms. The highest BCUT2D eigenvalue weighted by molar-refractivity contribution is 6.15. The molecule has 0 radical (unpaired) electrons. The van der Waals surface area contributed by atoms with E-state index in [2.05, 4.69) is 41.4 Å². The zero-order valence-electron chi connectivity index (χ0n) is 17.4. The number of methoxy groups -OCH3 is 1. The normalized spacial score (nSPS) is 19.4. The van der Waals surface area contributed by atoms with Gasteiger partial charge in [-0.1, -0.05) is 36.4 Å². The van der Waals surface area contributed by atoms with Crippen LogP contribution in [0.2, 0.25) is 0 Å². The molecular weight excluding hydrogens is 390 g/mol. The summed E-state index contributed by atoms with van der Waals surface area (Å²) >= 11 is 0. The fraction of sp³-hybridized carbons (Fsp3) is 0.280. The van der Waals surface area contributed by atoms with Gasteiger partial charge in [0.25, 0.3) is 0 Å². The van der Waals surface area contributed by atoms with E-state index in [4.69, 9.17) is 9.47 Å². The molecule has 0 N–H and O–H groups in total. The quantitative estimate of drug-likeness (QED) is 0.472. The Morgan fingerprint density at radius 1 is 1.00 bits per heavy atom. The van der Waals surface area contributed by atoms with Crippen molar-refractivity contribution in [2.45, 2.75) is 37.3 Å². The minimum Gasteiger partial charge on any atom is -0.480 e. The van der Waals surface area contributed by atoms with Crippen LogP contribution in [0.25, 0.3) is 11.1 Å². The summed E-state index contributed by atoms with van der Waals surface area (Å²) in [5, 5.41) is -0.329. The standard InChI is InChI=1S/C25H25NO3Si/c1-28-24-17(15-27)11-12-23(26-24)29-25(30)14-13-21-20(9-4-10-22(21)25)19-8-3-6-16-5-2-7-18(16)19/h3-4,6,8-12,15H,2,5,7,13-14H2,1,30H3. The lowest BCUT2D eigenvalue weighted by molar-refractivity contribution is 0.111. The van der Waals surface area contributed by atoms with E-state index in [1.807, 2.05) is 0 Å². The zero-order chi connectivity index (χ0) is 20.7.